The Kier molecular flexibility index (Phi) is 2.80. The van der Waals surface area contributed by atoms with Crippen LogP contribution in [-0.2, 0) is 9.53 Å². The number of carbonyl (C=O) groups excluding carboxylic acids is 1. The SMILES string of the molecule is O=C(C1CNc2ccccc2O1)N1CC2CCC(C1)O2. The fourth-order valence-corrected chi connectivity index (χ4v) is 3.25. The molecule has 3 aliphatic rings. The highest BCUT2D eigenvalue weighted by atomic mass is 16.5. The Morgan fingerprint density at radius 1 is 1.20 bits per heavy atom. The molecule has 3 heterocycles. The molecule has 2 fully saturated rings. The Morgan fingerprint density at radius 3 is 2.75 bits per heavy atom. The van der Waals surface area contributed by atoms with Crippen molar-refractivity contribution in [3.8, 4) is 5.75 Å². The molecule has 1 aromatic carbocycles. The first-order valence-corrected chi connectivity index (χ1v) is 7.23. The van der Waals surface area contributed by atoms with Crippen molar-refractivity contribution in [3.05, 3.63) is 24.3 Å². The third-order valence-electron chi connectivity index (χ3n) is 4.26. The second-order valence-corrected chi connectivity index (χ2v) is 5.68. The van der Waals surface area contributed by atoms with Gasteiger partial charge in [0.1, 0.15) is 5.75 Å². The second-order valence-electron chi connectivity index (χ2n) is 5.68. The van der Waals surface area contributed by atoms with Crippen molar-refractivity contribution >= 4 is 11.6 Å². The summed E-state index contributed by atoms with van der Waals surface area (Å²) >= 11 is 0. The zero-order chi connectivity index (χ0) is 13.5. The molecule has 4 rings (SSSR count). The summed E-state index contributed by atoms with van der Waals surface area (Å²) in [5.41, 5.74) is 0.957. The molecule has 3 aliphatic heterocycles. The largest absolute Gasteiger partial charge is 0.477 e. The second kappa shape index (κ2) is 4.66. The molecular formula is C15H18N2O3. The number of nitrogens with zero attached hydrogens (tertiary/aromatic N) is 1. The molecule has 1 amide bonds. The van der Waals surface area contributed by atoms with Gasteiger partial charge in [0.25, 0.3) is 5.91 Å². The highest BCUT2D eigenvalue weighted by Gasteiger charge is 2.39. The van der Waals surface area contributed by atoms with Gasteiger partial charge in [-0.05, 0) is 25.0 Å². The number of amides is 1. The third-order valence-corrected chi connectivity index (χ3v) is 4.26. The number of rotatable bonds is 1. The van der Waals surface area contributed by atoms with Crippen molar-refractivity contribution in [3.63, 3.8) is 0 Å². The monoisotopic (exact) mass is 274 g/mol. The van der Waals surface area contributed by atoms with Crippen LogP contribution < -0.4 is 10.1 Å². The van der Waals surface area contributed by atoms with Crippen molar-refractivity contribution in [1.29, 1.82) is 0 Å². The quantitative estimate of drug-likeness (QED) is 0.837. The van der Waals surface area contributed by atoms with Crippen LogP contribution in [0.2, 0.25) is 0 Å². The Bertz CT molecular complexity index is 522. The van der Waals surface area contributed by atoms with Gasteiger partial charge in [-0.1, -0.05) is 12.1 Å². The highest BCUT2D eigenvalue weighted by Crippen LogP contribution is 2.30. The van der Waals surface area contributed by atoms with Crippen molar-refractivity contribution < 1.29 is 14.3 Å². The first-order valence-electron chi connectivity index (χ1n) is 7.23. The van der Waals surface area contributed by atoms with Gasteiger partial charge in [-0.3, -0.25) is 4.79 Å². The van der Waals surface area contributed by atoms with E-state index in [1.165, 1.54) is 0 Å². The van der Waals surface area contributed by atoms with Crippen molar-refractivity contribution in [2.75, 3.05) is 25.0 Å². The zero-order valence-electron chi connectivity index (χ0n) is 11.2. The number of nitrogens with one attached hydrogen (secondary N) is 1. The molecule has 2 saturated heterocycles. The Morgan fingerprint density at radius 2 is 1.95 bits per heavy atom. The predicted octanol–water partition coefficient (Wildman–Crippen LogP) is 1.25. The number of benzene rings is 1. The van der Waals surface area contributed by atoms with Gasteiger partial charge in [-0.2, -0.15) is 0 Å². The molecule has 106 valence electrons. The number of likely N-dealkylation sites (tertiary alicyclic amines) is 1. The molecule has 5 nitrogen and oxygen atoms in total. The number of ether oxygens (including phenoxy) is 2. The lowest BCUT2D eigenvalue weighted by atomic mass is 10.2. The summed E-state index contributed by atoms with van der Waals surface area (Å²) in [5, 5.41) is 3.27. The van der Waals surface area contributed by atoms with Crippen LogP contribution >= 0.6 is 0 Å². The lowest BCUT2D eigenvalue weighted by Gasteiger charge is -2.36. The number of hydrogen-bond donors (Lipinski definition) is 1. The van der Waals surface area contributed by atoms with Gasteiger partial charge < -0.3 is 19.7 Å². The minimum Gasteiger partial charge on any atom is -0.477 e. The van der Waals surface area contributed by atoms with Gasteiger partial charge in [0.15, 0.2) is 6.10 Å². The summed E-state index contributed by atoms with van der Waals surface area (Å²) in [5.74, 6) is 0.834. The van der Waals surface area contributed by atoms with Crippen LogP contribution in [0.4, 0.5) is 5.69 Å². The fourth-order valence-electron chi connectivity index (χ4n) is 3.25. The van der Waals surface area contributed by atoms with Crippen LogP contribution in [0.25, 0.3) is 0 Å². The first-order chi connectivity index (χ1) is 9.79. The van der Waals surface area contributed by atoms with Gasteiger partial charge >= 0.3 is 0 Å². The normalized spacial score (nSPS) is 31.2. The fraction of sp³-hybridized carbons (Fsp3) is 0.533. The van der Waals surface area contributed by atoms with Gasteiger partial charge in [0, 0.05) is 13.1 Å². The summed E-state index contributed by atoms with van der Waals surface area (Å²) in [7, 11) is 0. The standard InChI is InChI=1S/C15H18N2O3/c18-15(17-8-10-5-6-11(9-17)19-10)14-7-16-12-3-1-2-4-13(12)20-14/h1-4,10-11,14,16H,5-9H2. The van der Waals surface area contributed by atoms with Gasteiger partial charge in [-0.25, -0.2) is 0 Å². The molecule has 0 aromatic heterocycles. The first kappa shape index (κ1) is 12.0. The van der Waals surface area contributed by atoms with E-state index in [0.29, 0.717) is 19.6 Å². The zero-order valence-corrected chi connectivity index (χ0v) is 11.2. The lowest BCUT2D eigenvalue weighted by Crippen LogP contribution is -2.53. The molecular weight excluding hydrogens is 256 g/mol. The van der Waals surface area contributed by atoms with E-state index < -0.39 is 6.10 Å². The minimum absolute atomic E-state index is 0.0761. The van der Waals surface area contributed by atoms with E-state index >= 15 is 0 Å². The van der Waals surface area contributed by atoms with E-state index in [1.54, 1.807) is 0 Å². The smallest absolute Gasteiger partial charge is 0.265 e. The molecule has 0 spiro atoms. The Labute approximate surface area is 117 Å². The van der Waals surface area contributed by atoms with Crippen LogP contribution in [0.15, 0.2) is 24.3 Å². The molecule has 0 radical (unpaired) electrons. The number of carbonyl (C=O) groups is 1. The van der Waals surface area contributed by atoms with Crippen LogP contribution in [-0.4, -0.2) is 48.8 Å². The molecule has 5 heteroatoms. The van der Waals surface area contributed by atoms with E-state index in [1.807, 2.05) is 29.2 Å². The average molecular weight is 274 g/mol. The summed E-state index contributed by atoms with van der Waals surface area (Å²) in [6.45, 7) is 1.94. The summed E-state index contributed by atoms with van der Waals surface area (Å²) in [4.78, 5) is 14.5. The van der Waals surface area contributed by atoms with E-state index in [4.69, 9.17) is 9.47 Å². The molecule has 3 atom stereocenters. The minimum atomic E-state index is -0.428. The molecule has 2 bridgehead atoms. The topological polar surface area (TPSA) is 50.8 Å². The third kappa shape index (κ3) is 2.02. The number of morpholine rings is 1. The lowest BCUT2D eigenvalue weighted by molar-refractivity contribution is -0.146. The number of hydrogen-bond acceptors (Lipinski definition) is 4. The molecule has 1 N–H and O–H groups in total. The van der Waals surface area contributed by atoms with E-state index in [-0.39, 0.29) is 18.1 Å². The molecule has 20 heavy (non-hydrogen) atoms. The molecule has 0 saturated carbocycles. The maximum absolute atomic E-state index is 12.6. The van der Waals surface area contributed by atoms with Gasteiger partial charge in [0.05, 0.1) is 24.4 Å². The highest BCUT2D eigenvalue weighted by molar-refractivity contribution is 5.83. The van der Waals surface area contributed by atoms with E-state index in [2.05, 4.69) is 5.32 Å². The van der Waals surface area contributed by atoms with Gasteiger partial charge in [0.2, 0.25) is 0 Å². The number of fused-ring (bicyclic) bond motifs is 3. The van der Waals surface area contributed by atoms with Crippen molar-refractivity contribution in [1.82, 2.24) is 4.90 Å². The summed E-state index contributed by atoms with van der Waals surface area (Å²) in [6.07, 6.45) is 2.16. The van der Waals surface area contributed by atoms with Crippen LogP contribution in [0.5, 0.6) is 5.75 Å². The van der Waals surface area contributed by atoms with Gasteiger partial charge in [-0.15, -0.1) is 0 Å². The summed E-state index contributed by atoms with van der Waals surface area (Å²) in [6, 6.07) is 7.73. The molecule has 3 unspecified atom stereocenters. The number of anilines is 1. The Balaban J connectivity index is 1.47. The maximum atomic E-state index is 12.6. The molecule has 1 aromatic rings. The number of para-hydroxylation sites is 2. The summed E-state index contributed by atoms with van der Waals surface area (Å²) < 4.78 is 11.6. The van der Waals surface area contributed by atoms with Crippen LogP contribution in [0.1, 0.15) is 12.8 Å². The van der Waals surface area contributed by atoms with Crippen LogP contribution in [0.3, 0.4) is 0 Å². The Hall–Kier alpha value is -1.75. The van der Waals surface area contributed by atoms with E-state index in [0.717, 1.165) is 24.3 Å². The van der Waals surface area contributed by atoms with Crippen molar-refractivity contribution in [2.24, 2.45) is 0 Å². The van der Waals surface area contributed by atoms with E-state index in [9.17, 15) is 4.79 Å². The average Bonchev–Trinajstić information content (AvgIpc) is 2.84. The molecule has 0 aliphatic carbocycles. The maximum Gasteiger partial charge on any atom is 0.265 e. The predicted molar refractivity (Wildman–Crippen MR) is 73.8 cm³/mol. The van der Waals surface area contributed by atoms with Crippen LogP contribution in [0, 0.1) is 0 Å². The van der Waals surface area contributed by atoms with Crippen molar-refractivity contribution in [2.45, 2.75) is 31.2 Å².